The van der Waals surface area contributed by atoms with Crippen molar-refractivity contribution >= 4 is 11.6 Å². The summed E-state index contributed by atoms with van der Waals surface area (Å²) in [6, 6.07) is 5.36. The molecule has 1 amide bonds. The van der Waals surface area contributed by atoms with Crippen molar-refractivity contribution in [2.45, 2.75) is 13.5 Å². The Balaban J connectivity index is 1.43. The van der Waals surface area contributed by atoms with E-state index in [1.807, 2.05) is 19.3 Å². The van der Waals surface area contributed by atoms with Gasteiger partial charge in [-0.1, -0.05) is 0 Å². The standard InChI is InChI=1S/C20H29N5O3/c1-16-21-6-7-25(16)13-12-23-8-10-24(11-9-23)15-20(26)22-18-5-4-17(27-2)14-19(18)28-3/h4-7,14H,8-13,15H2,1-3H3,(H,22,26). The molecule has 1 aliphatic rings. The maximum Gasteiger partial charge on any atom is 0.238 e. The zero-order chi connectivity index (χ0) is 19.9. The third-order valence-electron chi connectivity index (χ3n) is 5.10. The molecule has 1 aromatic carbocycles. The summed E-state index contributed by atoms with van der Waals surface area (Å²) < 4.78 is 12.7. The largest absolute Gasteiger partial charge is 0.497 e. The number of piperazine rings is 1. The molecule has 152 valence electrons. The van der Waals surface area contributed by atoms with Crippen LogP contribution in [0.5, 0.6) is 11.5 Å². The van der Waals surface area contributed by atoms with Crippen LogP contribution in [0, 0.1) is 6.92 Å². The van der Waals surface area contributed by atoms with Gasteiger partial charge in [-0.2, -0.15) is 0 Å². The van der Waals surface area contributed by atoms with Crippen LogP contribution in [0.1, 0.15) is 5.82 Å². The molecule has 1 saturated heterocycles. The van der Waals surface area contributed by atoms with E-state index >= 15 is 0 Å². The number of aromatic nitrogens is 2. The Kier molecular flexibility index (Phi) is 6.89. The number of benzene rings is 1. The van der Waals surface area contributed by atoms with Gasteiger partial charge in [0.2, 0.25) is 5.91 Å². The van der Waals surface area contributed by atoms with E-state index in [-0.39, 0.29) is 5.91 Å². The molecule has 0 atom stereocenters. The van der Waals surface area contributed by atoms with Crippen LogP contribution in [0.15, 0.2) is 30.6 Å². The van der Waals surface area contributed by atoms with E-state index in [1.165, 1.54) is 0 Å². The lowest BCUT2D eigenvalue weighted by Gasteiger charge is -2.34. The molecule has 0 radical (unpaired) electrons. The van der Waals surface area contributed by atoms with Gasteiger partial charge in [-0.25, -0.2) is 4.98 Å². The molecule has 2 aromatic rings. The van der Waals surface area contributed by atoms with E-state index in [1.54, 1.807) is 32.4 Å². The number of anilines is 1. The number of imidazole rings is 1. The fraction of sp³-hybridized carbons (Fsp3) is 0.500. The fourth-order valence-electron chi connectivity index (χ4n) is 3.35. The van der Waals surface area contributed by atoms with E-state index in [4.69, 9.17) is 9.47 Å². The Morgan fingerprint density at radius 3 is 2.50 bits per heavy atom. The summed E-state index contributed by atoms with van der Waals surface area (Å²) in [6.45, 7) is 8.05. The van der Waals surface area contributed by atoms with Gasteiger partial charge in [0.15, 0.2) is 0 Å². The van der Waals surface area contributed by atoms with E-state index < -0.39 is 0 Å². The van der Waals surface area contributed by atoms with Gasteiger partial charge in [0.1, 0.15) is 17.3 Å². The van der Waals surface area contributed by atoms with Gasteiger partial charge in [0.25, 0.3) is 0 Å². The molecule has 28 heavy (non-hydrogen) atoms. The second-order valence-electron chi connectivity index (χ2n) is 6.90. The predicted octanol–water partition coefficient (Wildman–Crippen LogP) is 1.47. The van der Waals surface area contributed by atoms with Crippen LogP contribution in [0.3, 0.4) is 0 Å². The number of hydrogen-bond acceptors (Lipinski definition) is 6. The number of nitrogens with one attached hydrogen (secondary N) is 1. The van der Waals surface area contributed by atoms with Crippen LogP contribution >= 0.6 is 0 Å². The number of amides is 1. The highest BCUT2D eigenvalue weighted by Crippen LogP contribution is 2.28. The second-order valence-corrected chi connectivity index (χ2v) is 6.90. The van der Waals surface area contributed by atoms with Crippen molar-refractivity contribution in [2.24, 2.45) is 0 Å². The van der Waals surface area contributed by atoms with Gasteiger partial charge in [0, 0.05) is 57.7 Å². The molecule has 2 heterocycles. The van der Waals surface area contributed by atoms with E-state index in [0.29, 0.717) is 23.7 Å². The molecule has 0 saturated carbocycles. The smallest absolute Gasteiger partial charge is 0.238 e. The van der Waals surface area contributed by atoms with Crippen molar-refractivity contribution in [2.75, 3.05) is 58.8 Å². The lowest BCUT2D eigenvalue weighted by atomic mass is 10.2. The first-order valence-electron chi connectivity index (χ1n) is 9.53. The highest BCUT2D eigenvalue weighted by molar-refractivity contribution is 5.93. The maximum atomic E-state index is 12.4. The topological polar surface area (TPSA) is 71.9 Å². The minimum absolute atomic E-state index is 0.0362. The molecule has 1 aromatic heterocycles. The molecule has 8 heteroatoms. The molecule has 1 fully saturated rings. The number of ether oxygens (including phenoxy) is 2. The lowest BCUT2D eigenvalue weighted by molar-refractivity contribution is -0.117. The monoisotopic (exact) mass is 387 g/mol. The number of hydrogen-bond donors (Lipinski definition) is 1. The van der Waals surface area contributed by atoms with Crippen LogP contribution in [0.25, 0.3) is 0 Å². The number of methoxy groups -OCH3 is 2. The third-order valence-corrected chi connectivity index (χ3v) is 5.10. The second kappa shape index (κ2) is 9.57. The van der Waals surface area contributed by atoms with Crippen molar-refractivity contribution in [1.82, 2.24) is 19.4 Å². The van der Waals surface area contributed by atoms with E-state index in [0.717, 1.165) is 45.1 Å². The first-order valence-corrected chi connectivity index (χ1v) is 9.53. The zero-order valence-corrected chi connectivity index (χ0v) is 16.9. The van der Waals surface area contributed by atoms with Gasteiger partial charge in [-0.3, -0.25) is 14.6 Å². The van der Waals surface area contributed by atoms with Crippen LogP contribution in [-0.4, -0.2) is 78.7 Å². The number of aryl methyl sites for hydroxylation is 1. The summed E-state index contributed by atoms with van der Waals surface area (Å²) in [5, 5.41) is 2.94. The molecule has 1 N–H and O–H groups in total. The number of rotatable bonds is 8. The molecular formula is C20H29N5O3. The van der Waals surface area contributed by atoms with Gasteiger partial charge in [-0.15, -0.1) is 0 Å². The summed E-state index contributed by atoms with van der Waals surface area (Å²) >= 11 is 0. The maximum absolute atomic E-state index is 12.4. The van der Waals surface area contributed by atoms with Crippen molar-refractivity contribution in [3.8, 4) is 11.5 Å². The lowest BCUT2D eigenvalue weighted by Crippen LogP contribution is -2.49. The van der Waals surface area contributed by atoms with Gasteiger partial charge in [-0.05, 0) is 19.1 Å². The summed E-state index contributed by atoms with van der Waals surface area (Å²) in [7, 11) is 3.18. The Bertz CT molecular complexity index is 784. The molecule has 1 aliphatic heterocycles. The molecule has 0 spiro atoms. The average Bonchev–Trinajstić information content (AvgIpc) is 3.12. The zero-order valence-electron chi connectivity index (χ0n) is 16.9. The molecule has 0 bridgehead atoms. The average molecular weight is 387 g/mol. The van der Waals surface area contributed by atoms with Crippen molar-refractivity contribution in [1.29, 1.82) is 0 Å². The minimum Gasteiger partial charge on any atom is -0.497 e. The van der Waals surface area contributed by atoms with Gasteiger partial charge >= 0.3 is 0 Å². The summed E-state index contributed by atoms with van der Waals surface area (Å²) in [5.41, 5.74) is 0.655. The van der Waals surface area contributed by atoms with Crippen LogP contribution in [0.2, 0.25) is 0 Å². The predicted molar refractivity (Wildman–Crippen MR) is 108 cm³/mol. The summed E-state index contributed by atoms with van der Waals surface area (Å²) in [6.07, 6.45) is 3.85. The van der Waals surface area contributed by atoms with Gasteiger partial charge < -0.3 is 19.4 Å². The fourth-order valence-corrected chi connectivity index (χ4v) is 3.35. The number of carbonyl (C=O) groups is 1. The van der Waals surface area contributed by atoms with E-state index in [9.17, 15) is 4.79 Å². The Morgan fingerprint density at radius 1 is 1.11 bits per heavy atom. The molecule has 0 unspecified atom stereocenters. The van der Waals surface area contributed by atoms with Crippen LogP contribution in [0.4, 0.5) is 5.69 Å². The highest BCUT2D eigenvalue weighted by Gasteiger charge is 2.19. The molecule has 8 nitrogen and oxygen atoms in total. The Morgan fingerprint density at radius 2 is 1.86 bits per heavy atom. The minimum atomic E-state index is -0.0362. The summed E-state index contributed by atoms with van der Waals surface area (Å²) in [4.78, 5) is 21.3. The van der Waals surface area contributed by atoms with Crippen molar-refractivity contribution in [3.05, 3.63) is 36.4 Å². The van der Waals surface area contributed by atoms with Crippen LogP contribution in [-0.2, 0) is 11.3 Å². The first kappa shape index (κ1) is 20.2. The third kappa shape index (κ3) is 5.24. The highest BCUT2D eigenvalue weighted by atomic mass is 16.5. The quantitative estimate of drug-likeness (QED) is 0.740. The van der Waals surface area contributed by atoms with Gasteiger partial charge in [0.05, 0.1) is 26.5 Å². The Labute approximate surface area is 166 Å². The normalized spacial score (nSPS) is 15.4. The van der Waals surface area contributed by atoms with Crippen molar-refractivity contribution in [3.63, 3.8) is 0 Å². The number of carbonyl (C=O) groups excluding carboxylic acids is 1. The molecular weight excluding hydrogens is 358 g/mol. The number of nitrogens with zero attached hydrogens (tertiary/aromatic N) is 4. The first-order chi connectivity index (χ1) is 13.6. The van der Waals surface area contributed by atoms with E-state index in [2.05, 4.69) is 24.7 Å². The SMILES string of the molecule is COc1ccc(NC(=O)CN2CCN(CCn3ccnc3C)CC2)c(OC)c1. The summed E-state index contributed by atoms with van der Waals surface area (Å²) in [5.74, 6) is 2.29. The van der Waals surface area contributed by atoms with Crippen LogP contribution < -0.4 is 14.8 Å². The molecule has 3 rings (SSSR count). The molecule has 0 aliphatic carbocycles. The Hall–Kier alpha value is -2.58. The van der Waals surface area contributed by atoms with Crippen molar-refractivity contribution < 1.29 is 14.3 Å².